The third-order valence-electron chi connectivity index (χ3n) is 15.9. The fourth-order valence-electron chi connectivity index (χ4n) is 9.94. The van der Waals surface area contributed by atoms with E-state index in [-0.39, 0.29) is 26.1 Å². The Morgan fingerprint density at radius 2 is 0.550 bits per heavy atom. The summed E-state index contributed by atoms with van der Waals surface area (Å²) in [5.41, 5.74) is 0. The van der Waals surface area contributed by atoms with Crippen molar-refractivity contribution in [3.8, 4) is 0 Å². The molecule has 0 aliphatic heterocycles. The summed E-state index contributed by atoms with van der Waals surface area (Å²) in [6, 6.07) is 0. The van der Waals surface area contributed by atoms with Crippen LogP contribution in [0.2, 0.25) is 0 Å². The van der Waals surface area contributed by atoms with E-state index in [1.165, 1.54) is 38.5 Å². The van der Waals surface area contributed by atoms with Gasteiger partial charge in [0.25, 0.3) is 0 Å². The van der Waals surface area contributed by atoms with Crippen LogP contribution in [0.1, 0.15) is 296 Å². The molecule has 19 heteroatoms. The summed E-state index contributed by atoms with van der Waals surface area (Å²) in [7, 11) is -9.69. The molecule has 574 valence electrons. The van der Waals surface area contributed by atoms with Crippen LogP contribution < -0.4 is 0 Å². The van der Waals surface area contributed by atoms with Crippen molar-refractivity contribution in [2.24, 2.45) is 0 Å². The van der Waals surface area contributed by atoms with Gasteiger partial charge in [-0.25, -0.2) is 9.13 Å². The molecule has 0 radical (unpaired) electrons. The predicted octanol–water partition coefficient (Wildman–Crippen LogP) is 21.6. The van der Waals surface area contributed by atoms with E-state index in [2.05, 4.69) is 123 Å². The Bertz CT molecular complexity index is 2150. The first-order valence-corrected chi connectivity index (χ1v) is 41.7. The molecular formula is C81H138O17P2. The number of rotatable bonds is 76. The van der Waals surface area contributed by atoms with Crippen LogP contribution in [-0.2, 0) is 65.4 Å². The Labute approximate surface area is 606 Å². The number of phosphoric acid groups is 2. The first-order valence-electron chi connectivity index (χ1n) is 38.7. The van der Waals surface area contributed by atoms with Gasteiger partial charge in [0.15, 0.2) is 0 Å². The predicted molar refractivity (Wildman–Crippen MR) is 409 cm³/mol. The average molecular weight is 1450 g/mol. The molecule has 0 rings (SSSR count). The second kappa shape index (κ2) is 75.9. The number of ether oxygens (including phenoxy) is 4. The largest absolute Gasteiger partial charge is 0.472 e. The standard InChI is InChI=1S/C81H138O17P2/c1-3-5-7-9-11-13-15-17-19-21-23-29-35-41-47-53-59-65-80(85)93-73-78(91-69-63-57-51-45-39-33-27-25-31-37-43-49-55-61-67-82)75-97-99(87,88)95-71-77(84)72-96-100(89,90)98-76-79(92-70-64-58-52-46-40-34-28-26-32-38-44-50-56-62-68-83)74-94-81(86)66-60-54-48-42-36-30-24-22-20-18-16-14-12-10-8-6-4-2/h11-14,17-20,23-30,41-42,47-48,67-68,77-79,84H,3-10,15-16,21-22,31-40,43-46,49-66,69-76H2,1-2H3,(H,87,88)(H,89,90)/b13-11-,14-12-,19-17-,20-18-,27-25-,28-26-,29-23-,30-24-,47-41-,48-42-/t78-,79-/m1/s1. The van der Waals surface area contributed by atoms with E-state index in [0.29, 0.717) is 64.6 Å². The molecule has 4 atom stereocenters. The highest BCUT2D eigenvalue weighted by molar-refractivity contribution is 7.47. The molecule has 0 fully saturated rings. The number of carbonyl (C=O) groups is 4. The summed E-state index contributed by atoms with van der Waals surface area (Å²) in [6.45, 7) is 1.95. The summed E-state index contributed by atoms with van der Waals surface area (Å²) in [5.74, 6) is -0.889. The molecule has 0 aromatic carbocycles. The van der Waals surface area contributed by atoms with Gasteiger partial charge in [0.2, 0.25) is 0 Å². The fourth-order valence-corrected chi connectivity index (χ4v) is 11.5. The minimum Gasteiger partial charge on any atom is -0.463 e. The number of hydrogen-bond acceptors (Lipinski definition) is 15. The summed E-state index contributed by atoms with van der Waals surface area (Å²) < 4.78 is 69.8. The maximum absolute atomic E-state index is 13.1. The van der Waals surface area contributed by atoms with E-state index in [1.54, 1.807) is 0 Å². The normalized spacial score (nSPS) is 14.7. The molecular weight excluding hydrogens is 1310 g/mol. The molecule has 0 aliphatic rings. The first-order chi connectivity index (χ1) is 48.9. The number of aldehydes is 2. The molecule has 2 unspecified atom stereocenters. The van der Waals surface area contributed by atoms with Crippen LogP contribution in [0.5, 0.6) is 0 Å². The average Bonchev–Trinajstić information content (AvgIpc) is 0.975. The number of allylic oxidation sites excluding steroid dienone is 20. The lowest BCUT2D eigenvalue weighted by atomic mass is 10.1. The van der Waals surface area contributed by atoms with Gasteiger partial charge in [-0.1, -0.05) is 225 Å². The molecule has 100 heavy (non-hydrogen) atoms. The Kier molecular flexibility index (Phi) is 72.7. The number of aliphatic hydroxyl groups is 1. The van der Waals surface area contributed by atoms with Crippen molar-refractivity contribution in [1.82, 2.24) is 0 Å². The van der Waals surface area contributed by atoms with E-state index in [1.807, 2.05) is 12.2 Å². The topological polar surface area (TPSA) is 237 Å². The zero-order chi connectivity index (χ0) is 72.9. The lowest BCUT2D eigenvalue weighted by molar-refractivity contribution is -0.149. The minimum atomic E-state index is -4.85. The van der Waals surface area contributed by atoms with Crippen LogP contribution in [0, 0.1) is 0 Å². The van der Waals surface area contributed by atoms with Crippen molar-refractivity contribution in [2.75, 3.05) is 52.9 Å². The van der Waals surface area contributed by atoms with E-state index < -0.39 is 72.3 Å². The van der Waals surface area contributed by atoms with Gasteiger partial charge in [0.1, 0.15) is 44.1 Å². The van der Waals surface area contributed by atoms with Gasteiger partial charge in [-0.05, 0) is 167 Å². The molecule has 0 saturated carbocycles. The molecule has 0 bridgehead atoms. The molecule has 0 heterocycles. The summed E-state index contributed by atoms with van der Waals surface area (Å²) >= 11 is 0. The summed E-state index contributed by atoms with van der Waals surface area (Å²) in [5, 5.41) is 10.6. The van der Waals surface area contributed by atoms with Crippen molar-refractivity contribution in [1.29, 1.82) is 0 Å². The van der Waals surface area contributed by atoms with Gasteiger partial charge >= 0.3 is 27.6 Å². The van der Waals surface area contributed by atoms with Crippen LogP contribution in [0.3, 0.4) is 0 Å². The minimum absolute atomic E-state index is 0.169. The van der Waals surface area contributed by atoms with E-state index >= 15 is 0 Å². The highest BCUT2D eigenvalue weighted by Gasteiger charge is 2.29. The highest BCUT2D eigenvalue weighted by atomic mass is 31.2. The van der Waals surface area contributed by atoms with E-state index in [4.69, 9.17) is 37.0 Å². The van der Waals surface area contributed by atoms with Gasteiger partial charge in [-0.3, -0.25) is 27.7 Å². The Morgan fingerprint density at radius 1 is 0.310 bits per heavy atom. The molecule has 0 amide bonds. The third kappa shape index (κ3) is 75.0. The number of hydrogen-bond donors (Lipinski definition) is 3. The zero-order valence-electron chi connectivity index (χ0n) is 62.2. The van der Waals surface area contributed by atoms with Gasteiger partial charge in [0, 0.05) is 38.9 Å². The number of unbranched alkanes of at least 4 members (excludes halogenated alkanes) is 28. The van der Waals surface area contributed by atoms with Gasteiger partial charge in [0.05, 0.1) is 26.4 Å². The Morgan fingerprint density at radius 3 is 0.850 bits per heavy atom. The zero-order valence-corrected chi connectivity index (χ0v) is 63.9. The van der Waals surface area contributed by atoms with Crippen molar-refractivity contribution in [2.45, 2.75) is 315 Å². The molecule has 17 nitrogen and oxygen atoms in total. The fraction of sp³-hybridized carbons (Fsp3) is 0.704. The van der Waals surface area contributed by atoms with E-state index in [0.717, 1.165) is 192 Å². The monoisotopic (exact) mass is 1440 g/mol. The smallest absolute Gasteiger partial charge is 0.463 e. The van der Waals surface area contributed by atoms with Crippen LogP contribution >= 0.6 is 15.6 Å². The van der Waals surface area contributed by atoms with Crippen LogP contribution in [0.15, 0.2) is 122 Å². The van der Waals surface area contributed by atoms with Crippen molar-refractivity contribution >= 4 is 40.2 Å². The molecule has 0 aromatic heterocycles. The second-order valence-corrected chi connectivity index (χ2v) is 28.4. The van der Waals surface area contributed by atoms with Gasteiger partial charge < -0.3 is 43.4 Å². The Hall–Kier alpha value is -4.22. The molecule has 3 N–H and O–H groups in total. The second-order valence-electron chi connectivity index (χ2n) is 25.5. The van der Waals surface area contributed by atoms with Crippen molar-refractivity contribution < 1.29 is 80.2 Å². The van der Waals surface area contributed by atoms with E-state index in [9.17, 15) is 43.2 Å². The molecule has 0 spiro atoms. The van der Waals surface area contributed by atoms with Crippen LogP contribution in [0.25, 0.3) is 0 Å². The Balaban J connectivity index is 5.31. The maximum Gasteiger partial charge on any atom is 0.472 e. The van der Waals surface area contributed by atoms with Crippen molar-refractivity contribution in [3.05, 3.63) is 122 Å². The lowest BCUT2D eigenvalue weighted by Gasteiger charge is -2.21. The number of phosphoric ester groups is 2. The van der Waals surface area contributed by atoms with Crippen molar-refractivity contribution in [3.63, 3.8) is 0 Å². The highest BCUT2D eigenvalue weighted by Crippen LogP contribution is 2.45. The molecule has 0 aliphatic carbocycles. The SMILES string of the molecule is CCCCC/C=C\C/C=C\C/C=C\C/C=C\CCCC(=O)OC[C@H](COP(=O)(O)OCC(O)COP(=O)(O)OC[C@@H](COC(=O)CCC/C=C\C/C=C\C/C=C\C/C=C\CCCCC)OCCCCCCC/C=C\CCCCCCC=O)OCCCCCCC/C=C\CCCCCCC=O. The summed E-state index contributed by atoms with van der Waals surface area (Å²) in [6.07, 6.45) is 83.3. The van der Waals surface area contributed by atoms with Crippen LogP contribution in [-0.4, -0.2) is 111 Å². The molecule has 0 aromatic rings. The number of carbonyl (C=O) groups excluding carboxylic acids is 4. The number of esters is 2. The van der Waals surface area contributed by atoms with Gasteiger partial charge in [-0.2, -0.15) is 0 Å². The number of aliphatic hydroxyl groups excluding tert-OH is 1. The maximum atomic E-state index is 13.1. The lowest BCUT2D eigenvalue weighted by Crippen LogP contribution is -2.28. The quantitative estimate of drug-likeness (QED) is 0.0169. The summed E-state index contributed by atoms with van der Waals surface area (Å²) in [4.78, 5) is 67.8. The first kappa shape index (κ1) is 95.8. The third-order valence-corrected chi connectivity index (χ3v) is 17.8. The molecule has 0 saturated heterocycles. The van der Waals surface area contributed by atoms with Crippen LogP contribution in [0.4, 0.5) is 0 Å². The van der Waals surface area contributed by atoms with Gasteiger partial charge in [-0.15, -0.1) is 0 Å².